The molecule has 0 bridgehead atoms. The molecule has 1 unspecified atom stereocenters. The molecule has 2 heterocycles. The van der Waals surface area contributed by atoms with Crippen LogP contribution in [0.2, 0.25) is 0 Å². The molecule has 0 aromatic carbocycles. The van der Waals surface area contributed by atoms with Crippen LogP contribution in [0.1, 0.15) is 29.8 Å². The molecule has 2 rings (SSSR count). The largest absolute Gasteiger partial charge is 0.313 e. The fourth-order valence-corrected chi connectivity index (χ4v) is 3.42. The molecule has 17 heavy (non-hydrogen) atoms. The summed E-state index contributed by atoms with van der Waals surface area (Å²) in [5.41, 5.74) is 3.83. The molecule has 1 aliphatic heterocycles. The van der Waals surface area contributed by atoms with Gasteiger partial charge in [0.1, 0.15) is 0 Å². The van der Waals surface area contributed by atoms with Crippen LogP contribution in [0.4, 0.5) is 0 Å². The van der Waals surface area contributed by atoms with Gasteiger partial charge in [0.2, 0.25) is 0 Å². The van der Waals surface area contributed by atoms with Gasteiger partial charge in [0, 0.05) is 24.0 Å². The first kappa shape index (κ1) is 13.0. The Morgan fingerprint density at radius 3 is 2.82 bits per heavy atom. The summed E-state index contributed by atoms with van der Waals surface area (Å²) in [7, 11) is 0. The average molecular weight is 253 g/mol. The maximum atomic E-state index is 4.56. The highest BCUT2D eigenvalue weighted by Crippen LogP contribution is 2.17. The molecule has 0 aliphatic carbocycles. The van der Waals surface area contributed by atoms with E-state index in [1.165, 1.54) is 41.3 Å². The Bertz CT molecular complexity index is 367. The standard InChI is InChI=1S/C13H23N3S/c1-10-11(2)15-16(12(10)3)7-4-6-14-13-5-8-17-9-13/h13-14H,4-9H2,1-3H3. The number of nitrogens with zero attached hydrogens (tertiary/aromatic N) is 2. The highest BCUT2D eigenvalue weighted by molar-refractivity contribution is 7.99. The van der Waals surface area contributed by atoms with Crippen LogP contribution in [-0.4, -0.2) is 33.9 Å². The second-order valence-electron chi connectivity index (χ2n) is 4.89. The zero-order valence-electron chi connectivity index (χ0n) is 11.1. The summed E-state index contributed by atoms with van der Waals surface area (Å²) in [6.45, 7) is 8.56. The summed E-state index contributed by atoms with van der Waals surface area (Å²) in [4.78, 5) is 0. The van der Waals surface area contributed by atoms with Crippen molar-refractivity contribution in [2.24, 2.45) is 0 Å². The fraction of sp³-hybridized carbons (Fsp3) is 0.769. The van der Waals surface area contributed by atoms with Crippen molar-refractivity contribution in [3.8, 4) is 0 Å². The van der Waals surface area contributed by atoms with Gasteiger partial charge in [-0.25, -0.2) is 0 Å². The first-order chi connectivity index (χ1) is 8.18. The van der Waals surface area contributed by atoms with Crippen molar-refractivity contribution in [2.45, 2.75) is 46.2 Å². The molecule has 0 radical (unpaired) electrons. The van der Waals surface area contributed by atoms with Crippen LogP contribution >= 0.6 is 11.8 Å². The summed E-state index contributed by atoms with van der Waals surface area (Å²) in [6, 6.07) is 0.752. The van der Waals surface area contributed by atoms with Crippen LogP contribution in [0, 0.1) is 20.8 Å². The lowest BCUT2D eigenvalue weighted by molar-refractivity contribution is 0.495. The van der Waals surface area contributed by atoms with E-state index >= 15 is 0 Å². The molecule has 1 aromatic rings. The molecule has 0 amide bonds. The van der Waals surface area contributed by atoms with E-state index in [-0.39, 0.29) is 0 Å². The lowest BCUT2D eigenvalue weighted by Crippen LogP contribution is -2.30. The molecule has 1 aromatic heterocycles. The number of hydrogen-bond acceptors (Lipinski definition) is 3. The van der Waals surface area contributed by atoms with Crippen molar-refractivity contribution in [3.05, 3.63) is 17.0 Å². The predicted octanol–water partition coefficient (Wildman–Crippen LogP) is 2.29. The average Bonchev–Trinajstić information content (AvgIpc) is 2.90. The van der Waals surface area contributed by atoms with Crippen molar-refractivity contribution in [3.63, 3.8) is 0 Å². The van der Waals surface area contributed by atoms with Crippen molar-refractivity contribution in [2.75, 3.05) is 18.1 Å². The summed E-state index contributed by atoms with van der Waals surface area (Å²) in [5, 5.41) is 8.19. The lowest BCUT2D eigenvalue weighted by Gasteiger charge is -2.11. The van der Waals surface area contributed by atoms with E-state index in [1.807, 2.05) is 0 Å². The van der Waals surface area contributed by atoms with Crippen molar-refractivity contribution in [1.29, 1.82) is 0 Å². The maximum absolute atomic E-state index is 4.56. The minimum absolute atomic E-state index is 0.752. The number of aromatic nitrogens is 2. The Labute approximate surface area is 108 Å². The molecule has 96 valence electrons. The second kappa shape index (κ2) is 5.91. The first-order valence-electron chi connectivity index (χ1n) is 6.50. The van der Waals surface area contributed by atoms with E-state index in [1.54, 1.807) is 0 Å². The normalized spacial score (nSPS) is 20.1. The Hall–Kier alpha value is -0.480. The van der Waals surface area contributed by atoms with Crippen LogP contribution < -0.4 is 5.32 Å². The van der Waals surface area contributed by atoms with Gasteiger partial charge in [-0.1, -0.05) is 0 Å². The smallest absolute Gasteiger partial charge is 0.0625 e. The molecule has 4 heteroatoms. The topological polar surface area (TPSA) is 29.9 Å². The first-order valence-corrected chi connectivity index (χ1v) is 7.65. The summed E-state index contributed by atoms with van der Waals surface area (Å²) in [5.74, 6) is 2.62. The summed E-state index contributed by atoms with van der Waals surface area (Å²) < 4.78 is 2.15. The van der Waals surface area contributed by atoms with Gasteiger partial charge in [0.25, 0.3) is 0 Å². The third-order valence-corrected chi connectivity index (χ3v) is 4.82. The van der Waals surface area contributed by atoms with Crippen molar-refractivity contribution < 1.29 is 0 Å². The highest BCUT2D eigenvalue weighted by atomic mass is 32.2. The molecule has 1 atom stereocenters. The minimum atomic E-state index is 0.752. The lowest BCUT2D eigenvalue weighted by atomic mass is 10.2. The van der Waals surface area contributed by atoms with Gasteiger partial charge in [0.15, 0.2) is 0 Å². The Morgan fingerprint density at radius 2 is 2.24 bits per heavy atom. The minimum Gasteiger partial charge on any atom is -0.313 e. The van der Waals surface area contributed by atoms with E-state index in [9.17, 15) is 0 Å². The van der Waals surface area contributed by atoms with Crippen LogP contribution in [-0.2, 0) is 6.54 Å². The molecule has 0 spiro atoms. The van der Waals surface area contributed by atoms with Gasteiger partial charge in [0.05, 0.1) is 5.69 Å². The Kier molecular flexibility index (Phi) is 4.51. The SMILES string of the molecule is Cc1nn(CCCNC2CCSC2)c(C)c1C. The molecule has 1 fully saturated rings. The Balaban J connectivity index is 1.72. The highest BCUT2D eigenvalue weighted by Gasteiger charge is 2.14. The summed E-state index contributed by atoms with van der Waals surface area (Å²) in [6.07, 6.45) is 2.51. The van der Waals surface area contributed by atoms with Crippen molar-refractivity contribution in [1.82, 2.24) is 15.1 Å². The van der Waals surface area contributed by atoms with E-state index in [0.29, 0.717) is 0 Å². The van der Waals surface area contributed by atoms with Gasteiger partial charge >= 0.3 is 0 Å². The molecular formula is C13H23N3S. The third kappa shape index (κ3) is 3.26. The zero-order chi connectivity index (χ0) is 12.3. The molecular weight excluding hydrogens is 230 g/mol. The quantitative estimate of drug-likeness (QED) is 0.817. The number of aryl methyl sites for hydroxylation is 2. The van der Waals surface area contributed by atoms with Crippen LogP contribution in [0.25, 0.3) is 0 Å². The van der Waals surface area contributed by atoms with Crippen LogP contribution in [0.15, 0.2) is 0 Å². The second-order valence-corrected chi connectivity index (χ2v) is 6.04. The van der Waals surface area contributed by atoms with Gasteiger partial charge < -0.3 is 5.32 Å². The van der Waals surface area contributed by atoms with Gasteiger partial charge in [-0.3, -0.25) is 4.68 Å². The fourth-order valence-electron chi connectivity index (χ4n) is 2.23. The molecule has 1 aliphatic rings. The maximum Gasteiger partial charge on any atom is 0.0625 e. The van der Waals surface area contributed by atoms with E-state index in [4.69, 9.17) is 0 Å². The predicted molar refractivity (Wildman–Crippen MR) is 74.8 cm³/mol. The van der Waals surface area contributed by atoms with Crippen molar-refractivity contribution >= 4 is 11.8 Å². The van der Waals surface area contributed by atoms with Crippen LogP contribution in [0.5, 0.6) is 0 Å². The van der Waals surface area contributed by atoms with E-state index in [0.717, 1.165) is 19.1 Å². The van der Waals surface area contributed by atoms with E-state index in [2.05, 4.69) is 47.6 Å². The zero-order valence-corrected chi connectivity index (χ0v) is 11.9. The van der Waals surface area contributed by atoms with Gasteiger partial charge in [-0.05, 0) is 51.5 Å². The number of rotatable bonds is 5. The van der Waals surface area contributed by atoms with E-state index < -0.39 is 0 Å². The number of thioether (sulfide) groups is 1. The summed E-state index contributed by atoms with van der Waals surface area (Å²) >= 11 is 2.06. The Morgan fingerprint density at radius 1 is 1.41 bits per heavy atom. The monoisotopic (exact) mass is 253 g/mol. The van der Waals surface area contributed by atoms with Gasteiger partial charge in [-0.15, -0.1) is 0 Å². The van der Waals surface area contributed by atoms with Crippen LogP contribution in [0.3, 0.4) is 0 Å². The molecule has 1 N–H and O–H groups in total. The number of hydrogen-bond donors (Lipinski definition) is 1. The molecule has 3 nitrogen and oxygen atoms in total. The molecule has 1 saturated heterocycles. The molecule has 0 saturated carbocycles. The third-order valence-electron chi connectivity index (χ3n) is 3.65. The van der Waals surface area contributed by atoms with Gasteiger partial charge in [-0.2, -0.15) is 16.9 Å². The number of nitrogens with one attached hydrogen (secondary N) is 1.